The van der Waals surface area contributed by atoms with Crippen molar-refractivity contribution >= 4 is 29.5 Å². The van der Waals surface area contributed by atoms with Crippen LogP contribution in [0.5, 0.6) is 0 Å². The van der Waals surface area contributed by atoms with Gasteiger partial charge in [-0.15, -0.1) is 0 Å². The average Bonchev–Trinajstić information content (AvgIpc) is 3.09. The molecule has 0 fully saturated rings. The molecule has 0 saturated carbocycles. The van der Waals surface area contributed by atoms with Crippen molar-refractivity contribution < 1.29 is 24.0 Å². The van der Waals surface area contributed by atoms with E-state index in [0.29, 0.717) is 25.8 Å². The predicted octanol–water partition coefficient (Wildman–Crippen LogP) is 3.41. The molecular formula is C40H52N6O5. The zero-order valence-electron chi connectivity index (χ0n) is 30.1. The standard InChI is InChI=1S/C40H52N6O5/c1-28(47)43-25-14-13-22-33(37(41)49)45-38(50)35(26-29-16-7-5-8-17-29)46(4)39(51)34(44-36(48)23-15-24-40(2,3)42)27-31-20-11-12-21-32(31)30-18-9-6-10-19-30/h5-12,15-21,23,33-35H,13-14,22,24-27,42H2,1-4H3,(H2,41,49)(H,43,47)(H,44,48)(H,45,50)/t33-,34+,35+/m0/s1. The molecule has 0 heterocycles. The van der Waals surface area contributed by atoms with Crippen LogP contribution in [0.3, 0.4) is 0 Å². The van der Waals surface area contributed by atoms with Crippen molar-refractivity contribution in [2.75, 3.05) is 13.6 Å². The maximum absolute atomic E-state index is 14.5. The number of carbonyl (C=O) groups is 5. The molecule has 0 saturated heterocycles. The van der Waals surface area contributed by atoms with Crippen LogP contribution < -0.4 is 27.4 Å². The van der Waals surface area contributed by atoms with Crippen LogP contribution in [0.2, 0.25) is 0 Å². The van der Waals surface area contributed by atoms with Gasteiger partial charge in [0.1, 0.15) is 18.1 Å². The van der Waals surface area contributed by atoms with Gasteiger partial charge in [0.25, 0.3) is 0 Å². The van der Waals surface area contributed by atoms with Crippen molar-refractivity contribution in [3.63, 3.8) is 0 Å². The van der Waals surface area contributed by atoms with Gasteiger partial charge in [-0.2, -0.15) is 0 Å². The number of hydrogen-bond donors (Lipinski definition) is 5. The normalized spacial score (nSPS) is 13.1. The first-order valence-electron chi connectivity index (χ1n) is 17.3. The van der Waals surface area contributed by atoms with Crippen molar-refractivity contribution in [1.82, 2.24) is 20.9 Å². The molecule has 3 aromatic carbocycles. The molecular weight excluding hydrogens is 644 g/mol. The first kappa shape index (κ1) is 40.1. The van der Waals surface area contributed by atoms with Crippen LogP contribution in [-0.4, -0.2) is 71.7 Å². The van der Waals surface area contributed by atoms with Gasteiger partial charge in [-0.05, 0) is 67.9 Å². The number of rotatable bonds is 19. The summed E-state index contributed by atoms with van der Waals surface area (Å²) in [7, 11) is 1.53. The maximum atomic E-state index is 14.5. The minimum atomic E-state index is -1.05. The monoisotopic (exact) mass is 696 g/mol. The Morgan fingerprint density at radius 2 is 1.45 bits per heavy atom. The minimum Gasteiger partial charge on any atom is -0.368 e. The van der Waals surface area contributed by atoms with Crippen LogP contribution in [0, 0.1) is 0 Å². The fraction of sp³-hybridized carbons (Fsp3) is 0.375. The van der Waals surface area contributed by atoms with Crippen LogP contribution in [-0.2, 0) is 36.8 Å². The Morgan fingerprint density at radius 1 is 0.824 bits per heavy atom. The van der Waals surface area contributed by atoms with Gasteiger partial charge in [0, 0.05) is 38.9 Å². The summed E-state index contributed by atoms with van der Waals surface area (Å²) in [4.78, 5) is 66.7. The quantitative estimate of drug-likeness (QED) is 0.0948. The van der Waals surface area contributed by atoms with Crippen LogP contribution in [0.15, 0.2) is 97.1 Å². The molecule has 0 spiro atoms. The van der Waals surface area contributed by atoms with Crippen molar-refractivity contribution in [2.24, 2.45) is 11.5 Å². The number of likely N-dealkylation sites (N-methyl/N-ethyl adjacent to an activating group) is 1. The predicted molar refractivity (Wildman–Crippen MR) is 200 cm³/mol. The van der Waals surface area contributed by atoms with E-state index in [0.717, 1.165) is 22.3 Å². The molecule has 0 radical (unpaired) electrons. The Balaban J connectivity index is 1.93. The van der Waals surface area contributed by atoms with Crippen LogP contribution in [0.1, 0.15) is 57.6 Å². The lowest BCUT2D eigenvalue weighted by atomic mass is 9.94. The highest BCUT2D eigenvalue weighted by atomic mass is 16.2. The first-order chi connectivity index (χ1) is 24.2. The topological polar surface area (TPSA) is 177 Å². The number of benzene rings is 3. The van der Waals surface area contributed by atoms with E-state index < -0.39 is 47.3 Å². The van der Waals surface area contributed by atoms with E-state index in [1.807, 2.05) is 98.8 Å². The second-order valence-corrected chi connectivity index (χ2v) is 13.5. The Kier molecular flexibility index (Phi) is 15.6. The Morgan fingerprint density at radius 3 is 2.08 bits per heavy atom. The molecule has 0 unspecified atom stereocenters. The van der Waals surface area contributed by atoms with Gasteiger partial charge in [0.2, 0.25) is 29.5 Å². The number of nitrogens with zero attached hydrogens (tertiary/aromatic N) is 1. The van der Waals surface area contributed by atoms with E-state index >= 15 is 0 Å². The summed E-state index contributed by atoms with van der Waals surface area (Å²) >= 11 is 0. The molecule has 0 aliphatic carbocycles. The highest BCUT2D eigenvalue weighted by Gasteiger charge is 2.34. The third kappa shape index (κ3) is 13.9. The molecule has 0 bridgehead atoms. The smallest absolute Gasteiger partial charge is 0.245 e. The van der Waals surface area contributed by atoms with Crippen molar-refractivity contribution in [3.8, 4) is 11.1 Å². The number of carbonyl (C=O) groups excluding carboxylic acids is 5. The van der Waals surface area contributed by atoms with Crippen molar-refractivity contribution in [2.45, 2.75) is 83.0 Å². The Labute approximate surface area is 301 Å². The highest BCUT2D eigenvalue weighted by molar-refractivity contribution is 5.96. The summed E-state index contributed by atoms with van der Waals surface area (Å²) in [6, 6.07) is 23.6. The first-order valence-corrected chi connectivity index (χ1v) is 17.3. The minimum absolute atomic E-state index is 0.147. The molecule has 0 aromatic heterocycles. The highest BCUT2D eigenvalue weighted by Crippen LogP contribution is 2.25. The number of nitrogens with two attached hydrogens (primary N) is 2. The summed E-state index contributed by atoms with van der Waals surface area (Å²) in [5.41, 5.74) is 14.8. The Bertz CT molecular complexity index is 1640. The largest absolute Gasteiger partial charge is 0.368 e. The van der Waals surface area contributed by atoms with E-state index in [1.165, 1.54) is 24.9 Å². The summed E-state index contributed by atoms with van der Waals surface area (Å²) in [6.07, 6.45) is 5.16. The number of unbranched alkanes of at least 4 members (excludes halogenated alkanes) is 1. The van der Waals surface area contributed by atoms with E-state index in [4.69, 9.17) is 11.5 Å². The van der Waals surface area contributed by atoms with E-state index in [2.05, 4.69) is 16.0 Å². The average molecular weight is 697 g/mol. The molecule has 51 heavy (non-hydrogen) atoms. The van der Waals surface area contributed by atoms with Gasteiger partial charge < -0.3 is 32.3 Å². The van der Waals surface area contributed by atoms with Crippen LogP contribution in [0.25, 0.3) is 11.1 Å². The molecule has 3 rings (SSSR count). The third-order valence-corrected chi connectivity index (χ3v) is 8.40. The summed E-state index contributed by atoms with van der Waals surface area (Å²) in [6.45, 7) is 5.56. The molecule has 3 aromatic rings. The number of hydrogen-bond acceptors (Lipinski definition) is 6. The molecule has 3 atom stereocenters. The number of nitrogens with one attached hydrogen (secondary N) is 3. The second kappa shape index (κ2) is 19.8. The maximum Gasteiger partial charge on any atom is 0.245 e. The summed E-state index contributed by atoms with van der Waals surface area (Å²) in [5, 5.41) is 8.36. The molecule has 11 nitrogen and oxygen atoms in total. The van der Waals surface area contributed by atoms with Gasteiger partial charge in [-0.3, -0.25) is 24.0 Å². The zero-order chi connectivity index (χ0) is 37.4. The molecule has 0 aliphatic heterocycles. The van der Waals surface area contributed by atoms with E-state index in [9.17, 15) is 24.0 Å². The lowest BCUT2D eigenvalue weighted by Crippen LogP contribution is -2.57. The second-order valence-electron chi connectivity index (χ2n) is 13.5. The van der Waals surface area contributed by atoms with Crippen LogP contribution in [0.4, 0.5) is 0 Å². The molecule has 7 N–H and O–H groups in total. The number of amides is 5. The van der Waals surface area contributed by atoms with Gasteiger partial charge >= 0.3 is 0 Å². The van der Waals surface area contributed by atoms with Gasteiger partial charge in [0.15, 0.2) is 0 Å². The van der Waals surface area contributed by atoms with Crippen molar-refractivity contribution in [3.05, 3.63) is 108 Å². The SMILES string of the molecule is CC(=O)NCCCC[C@H](NC(=O)[C@@H](Cc1ccccc1)N(C)C(=O)[C@@H](Cc1ccccc1-c1ccccc1)NC(=O)C=CCC(C)(C)N)C(N)=O. The lowest BCUT2D eigenvalue weighted by molar-refractivity contribution is -0.142. The fourth-order valence-electron chi connectivity index (χ4n) is 5.64. The van der Waals surface area contributed by atoms with Gasteiger partial charge in [-0.1, -0.05) is 91.0 Å². The fourth-order valence-corrected chi connectivity index (χ4v) is 5.64. The van der Waals surface area contributed by atoms with Gasteiger partial charge in [0.05, 0.1) is 0 Å². The van der Waals surface area contributed by atoms with Gasteiger partial charge in [-0.25, -0.2) is 0 Å². The third-order valence-electron chi connectivity index (χ3n) is 8.40. The number of primary amides is 1. The molecule has 11 heteroatoms. The summed E-state index contributed by atoms with van der Waals surface area (Å²) < 4.78 is 0. The zero-order valence-corrected chi connectivity index (χ0v) is 30.1. The van der Waals surface area contributed by atoms with Crippen LogP contribution >= 0.6 is 0 Å². The summed E-state index contributed by atoms with van der Waals surface area (Å²) in [5.74, 6) is -2.37. The Hall–Kier alpha value is -5.29. The molecule has 0 aliphatic rings. The van der Waals surface area contributed by atoms with Crippen molar-refractivity contribution in [1.29, 1.82) is 0 Å². The van der Waals surface area contributed by atoms with E-state index in [-0.39, 0.29) is 25.2 Å². The molecule has 5 amide bonds. The lowest BCUT2D eigenvalue weighted by Gasteiger charge is -2.32. The van der Waals surface area contributed by atoms with E-state index in [1.54, 1.807) is 6.08 Å². The molecule has 272 valence electrons.